The Hall–Kier alpha value is -2.70. The summed E-state index contributed by atoms with van der Waals surface area (Å²) in [6.45, 7) is 2.20. The molecule has 3 aromatic rings. The van der Waals surface area contributed by atoms with Crippen molar-refractivity contribution in [2.75, 3.05) is 33.4 Å². The number of oxazole rings is 1. The highest BCUT2D eigenvalue weighted by atomic mass is 16.6. The highest BCUT2D eigenvalue weighted by molar-refractivity contribution is 5.97. The average molecular weight is 366 g/mol. The number of aromatic nitrogens is 1. The third kappa shape index (κ3) is 4.18. The van der Waals surface area contributed by atoms with Crippen molar-refractivity contribution in [2.24, 2.45) is 0 Å². The Kier molecular flexibility index (Phi) is 5.18. The molecule has 6 heteroatoms. The van der Waals surface area contributed by atoms with Crippen molar-refractivity contribution in [3.63, 3.8) is 0 Å². The van der Waals surface area contributed by atoms with Gasteiger partial charge in [0.15, 0.2) is 11.5 Å². The van der Waals surface area contributed by atoms with E-state index in [1.54, 1.807) is 30.1 Å². The van der Waals surface area contributed by atoms with Gasteiger partial charge in [0.25, 0.3) is 5.91 Å². The van der Waals surface area contributed by atoms with E-state index >= 15 is 0 Å². The molecular formula is C21H22N2O4. The number of carbonyl (C=O) groups is 1. The monoisotopic (exact) mass is 366 g/mol. The number of amides is 1. The first-order valence-electron chi connectivity index (χ1n) is 9.07. The van der Waals surface area contributed by atoms with Gasteiger partial charge >= 0.3 is 0 Å². The number of rotatable bonds is 5. The summed E-state index contributed by atoms with van der Waals surface area (Å²) in [5.74, 6) is 0.570. The normalized spacial score (nSPS) is 17.1. The van der Waals surface area contributed by atoms with Gasteiger partial charge in [-0.2, -0.15) is 0 Å². The predicted molar refractivity (Wildman–Crippen MR) is 101 cm³/mol. The van der Waals surface area contributed by atoms with Gasteiger partial charge in [0.2, 0.25) is 0 Å². The van der Waals surface area contributed by atoms with Crippen molar-refractivity contribution in [1.29, 1.82) is 0 Å². The van der Waals surface area contributed by atoms with E-state index in [0.717, 1.165) is 5.56 Å². The van der Waals surface area contributed by atoms with Gasteiger partial charge in [0, 0.05) is 25.6 Å². The Labute approximate surface area is 157 Å². The van der Waals surface area contributed by atoms with E-state index in [2.05, 4.69) is 4.98 Å². The second-order valence-corrected chi connectivity index (χ2v) is 6.71. The molecule has 0 spiro atoms. The zero-order valence-electron chi connectivity index (χ0n) is 15.3. The molecule has 1 fully saturated rings. The molecule has 2 heterocycles. The summed E-state index contributed by atoms with van der Waals surface area (Å²) in [6.07, 6.45) is 0.540. The smallest absolute Gasteiger partial charge is 0.253 e. The second kappa shape index (κ2) is 7.90. The van der Waals surface area contributed by atoms with Crippen LogP contribution in [-0.2, 0) is 15.9 Å². The molecule has 0 saturated carbocycles. The molecule has 6 nitrogen and oxygen atoms in total. The standard InChI is InChI=1S/C21H22N2O4/c1-23(13-17-14-25-9-10-26-17)21(24)16-7-8-19-18(12-16)22-20(27-19)11-15-5-3-2-4-6-15/h2-8,12,17H,9-11,13-14H2,1H3/t17-/m1/s1. The molecule has 140 valence electrons. The van der Waals surface area contributed by atoms with Crippen molar-refractivity contribution in [3.8, 4) is 0 Å². The minimum absolute atomic E-state index is 0.0707. The Morgan fingerprint density at radius 2 is 2.04 bits per heavy atom. The minimum Gasteiger partial charge on any atom is -0.440 e. The second-order valence-electron chi connectivity index (χ2n) is 6.71. The van der Waals surface area contributed by atoms with Crippen LogP contribution in [0.15, 0.2) is 52.9 Å². The minimum atomic E-state index is -0.0824. The van der Waals surface area contributed by atoms with Crippen molar-refractivity contribution >= 4 is 17.0 Å². The van der Waals surface area contributed by atoms with E-state index < -0.39 is 0 Å². The zero-order valence-corrected chi connectivity index (χ0v) is 15.3. The number of ether oxygens (including phenoxy) is 2. The van der Waals surface area contributed by atoms with E-state index in [0.29, 0.717) is 55.3 Å². The van der Waals surface area contributed by atoms with Crippen LogP contribution in [0.25, 0.3) is 11.1 Å². The van der Waals surface area contributed by atoms with Crippen LogP contribution in [0, 0.1) is 0 Å². The van der Waals surface area contributed by atoms with Crippen LogP contribution >= 0.6 is 0 Å². The Bertz CT molecular complexity index is 916. The third-order valence-corrected chi connectivity index (χ3v) is 4.59. The van der Waals surface area contributed by atoms with Crippen molar-refractivity contribution in [2.45, 2.75) is 12.5 Å². The zero-order chi connectivity index (χ0) is 18.6. The molecule has 1 amide bonds. The van der Waals surface area contributed by atoms with Gasteiger partial charge in [-0.05, 0) is 23.8 Å². The lowest BCUT2D eigenvalue weighted by Gasteiger charge is -2.27. The number of hydrogen-bond acceptors (Lipinski definition) is 5. The molecule has 1 aromatic heterocycles. The number of carbonyl (C=O) groups excluding carboxylic acids is 1. The highest BCUT2D eigenvalue weighted by Gasteiger charge is 2.21. The largest absolute Gasteiger partial charge is 0.440 e. The number of benzene rings is 2. The molecule has 27 heavy (non-hydrogen) atoms. The van der Waals surface area contributed by atoms with Crippen LogP contribution in [0.2, 0.25) is 0 Å². The number of fused-ring (bicyclic) bond motifs is 1. The molecule has 4 rings (SSSR count). The van der Waals surface area contributed by atoms with Crippen LogP contribution in [0.4, 0.5) is 0 Å². The van der Waals surface area contributed by atoms with Gasteiger partial charge in [0.05, 0.1) is 25.9 Å². The first-order chi connectivity index (χ1) is 13.2. The fourth-order valence-corrected chi connectivity index (χ4v) is 3.21. The summed E-state index contributed by atoms with van der Waals surface area (Å²) in [4.78, 5) is 18.9. The van der Waals surface area contributed by atoms with E-state index in [1.165, 1.54) is 0 Å². The average Bonchev–Trinajstić information content (AvgIpc) is 3.10. The molecule has 0 unspecified atom stereocenters. The maximum absolute atomic E-state index is 12.7. The summed E-state index contributed by atoms with van der Waals surface area (Å²) in [6, 6.07) is 15.4. The quantitative estimate of drug-likeness (QED) is 0.695. The molecule has 2 aromatic carbocycles. The van der Waals surface area contributed by atoms with Gasteiger partial charge < -0.3 is 18.8 Å². The van der Waals surface area contributed by atoms with Gasteiger partial charge in [-0.25, -0.2) is 4.98 Å². The van der Waals surface area contributed by atoms with E-state index in [4.69, 9.17) is 13.9 Å². The fraction of sp³-hybridized carbons (Fsp3) is 0.333. The maximum Gasteiger partial charge on any atom is 0.253 e. The summed E-state index contributed by atoms with van der Waals surface area (Å²) in [7, 11) is 1.77. The summed E-state index contributed by atoms with van der Waals surface area (Å²) >= 11 is 0. The predicted octanol–water partition coefficient (Wildman–Crippen LogP) is 2.91. The lowest BCUT2D eigenvalue weighted by atomic mass is 10.1. The maximum atomic E-state index is 12.7. The number of nitrogens with zero attached hydrogens (tertiary/aromatic N) is 2. The van der Waals surface area contributed by atoms with Gasteiger partial charge in [-0.15, -0.1) is 0 Å². The van der Waals surface area contributed by atoms with Crippen molar-refractivity contribution < 1.29 is 18.7 Å². The number of hydrogen-bond donors (Lipinski definition) is 0. The molecule has 0 radical (unpaired) electrons. The van der Waals surface area contributed by atoms with Gasteiger partial charge in [0.1, 0.15) is 5.52 Å². The molecule has 0 bridgehead atoms. The molecular weight excluding hydrogens is 344 g/mol. The highest BCUT2D eigenvalue weighted by Crippen LogP contribution is 2.20. The van der Waals surface area contributed by atoms with Crippen LogP contribution in [-0.4, -0.2) is 55.3 Å². The first kappa shape index (κ1) is 17.7. The Morgan fingerprint density at radius 1 is 1.19 bits per heavy atom. The van der Waals surface area contributed by atoms with Crippen molar-refractivity contribution in [3.05, 3.63) is 65.5 Å². The first-order valence-corrected chi connectivity index (χ1v) is 9.07. The Morgan fingerprint density at radius 3 is 2.81 bits per heavy atom. The third-order valence-electron chi connectivity index (χ3n) is 4.59. The van der Waals surface area contributed by atoms with Crippen LogP contribution in [0.5, 0.6) is 0 Å². The molecule has 1 aliphatic heterocycles. The summed E-state index contributed by atoms with van der Waals surface area (Å²) in [5, 5.41) is 0. The molecule has 1 aliphatic rings. The molecule has 0 aliphatic carbocycles. The number of likely N-dealkylation sites (N-methyl/N-ethyl adjacent to an activating group) is 1. The lowest BCUT2D eigenvalue weighted by molar-refractivity contribution is -0.0933. The van der Waals surface area contributed by atoms with E-state index in [-0.39, 0.29) is 12.0 Å². The topological polar surface area (TPSA) is 64.8 Å². The molecule has 0 N–H and O–H groups in total. The Balaban J connectivity index is 1.48. The lowest BCUT2D eigenvalue weighted by Crippen LogP contribution is -2.40. The molecule has 1 saturated heterocycles. The van der Waals surface area contributed by atoms with Gasteiger partial charge in [-0.3, -0.25) is 4.79 Å². The molecule has 1 atom stereocenters. The van der Waals surface area contributed by atoms with Crippen LogP contribution in [0.3, 0.4) is 0 Å². The van der Waals surface area contributed by atoms with Gasteiger partial charge in [-0.1, -0.05) is 30.3 Å². The van der Waals surface area contributed by atoms with Crippen LogP contribution < -0.4 is 0 Å². The fourth-order valence-electron chi connectivity index (χ4n) is 3.21. The van der Waals surface area contributed by atoms with E-state index in [9.17, 15) is 4.79 Å². The SMILES string of the molecule is CN(C[C@@H]1COCCO1)C(=O)c1ccc2oc(Cc3ccccc3)nc2c1. The van der Waals surface area contributed by atoms with Crippen LogP contribution in [0.1, 0.15) is 21.8 Å². The summed E-state index contributed by atoms with van der Waals surface area (Å²) < 4.78 is 16.8. The summed E-state index contributed by atoms with van der Waals surface area (Å²) in [5.41, 5.74) is 3.10. The van der Waals surface area contributed by atoms with Crippen molar-refractivity contribution in [1.82, 2.24) is 9.88 Å². The van der Waals surface area contributed by atoms with E-state index in [1.807, 2.05) is 30.3 Å².